The van der Waals surface area contributed by atoms with Gasteiger partial charge in [-0.25, -0.2) is 4.98 Å². The summed E-state index contributed by atoms with van der Waals surface area (Å²) >= 11 is 0. The Kier molecular flexibility index (Phi) is 1.49. The Morgan fingerprint density at radius 2 is 2.42 bits per heavy atom. The van der Waals surface area contributed by atoms with Crippen LogP contribution in [0.2, 0.25) is 0 Å². The highest BCUT2D eigenvalue weighted by Gasteiger charge is 1.99. The van der Waals surface area contributed by atoms with Crippen LogP contribution in [0.3, 0.4) is 0 Å². The van der Waals surface area contributed by atoms with Crippen LogP contribution in [0.5, 0.6) is 0 Å². The van der Waals surface area contributed by atoms with E-state index in [0.29, 0.717) is 12.1 Å². The number of pyridine rings is 1. The fraction of sp³-hybridized carbons (Fsp3) is 0.125. The van der Waals surface area contributed by atoms with Crippen LogP contribution in [-0.2, 0) is 6.42 Å². The number of terminal acetylenes is 1. The van der Waals surface area contributed by atoms with Gasteiger partial charge in [0.1, 0.15) is 5.52 Å². The molecule has 58 valence electrons. The summed E-state index contributed by atoms with van der Waals surface area (Å²) in [4.78, 5) is 4.06. The van der Waals surface area contributed by atoms with Crippen molar-refractivity contribution in [2.24, 2.45) is 0 Å². The molecule has 2 rings (SSSR count). The van der Waals surface area contributed by atoms with Crippen LogP contribution in [-0.4, -0.2) is 20.4 Å². The van der Waals surface area contributed by atoms with Crippen molar-refractivity contribution in [3.63, 3.8) is 0 Å². The summed E-state index contributed by atoms with van der Waals surface area (Å²) in [6.45, 7) is 0. The predicted octanol–water partition coefficient (Wildman–Crippen LogP) is 0.529. The van der Waals surface area contributed by atoms with Crippen molar-refractivity contribution in [2.75, 3.05) is 0 Å². The lowest BCUT2D eigenvalue weighted by Gasteiger charge is -1.91. The first-order chi connectivity index (χ1) is 5.90. The van der Waals surface area contributed by atoms with Crippen LogP contribution in [0, 0.1) is 12.3 Å². The molecule has 0 saturated carbocycles. The molecule has 2 heterocycles. The van der Waals surface area contributed by atoms with Gasteiger partial charge in [0.05, 0.1) is 0 Å². The second-order valence-corrected chi connectivity index (χ2v) is 2.39. The second kappa shape index (κ2) is 2.62. The van der Waals surface area contributed by atoms with Crippen molar-refractivity contribution in [3.05, 3.63) is 17.8 Å². The van der Waals surface area contributed by atoms with Crippen molar-refractivity contribution in [3.8, 4) is 12.3 Å². The van der Waals surface area contributed by atoms with E-state index < -0.39 is 0 Å². The van der Waals surface area contributed by atoms with Gasteiger partial charge in [-0.05, 0) is 11.6 Å². The minimum absolute atomic E-state index is 0.579. The molecule has 12 heavy (non-hydrogen) atoms. The third-order valence-electron chi connectivity index (χ3n) is 1.54. The first-order valence-corrected chi connectivity index (χ1v) is 3.49. The summed E-state index contributed by atoms with van der Waals surface area (Å²) in [5.41, 5.74) is 2.36. The third kappa shape index (κ3) is 1.01. The molecule has 0 bridgehead atoms. The molecule has 0 aliphatic carbocycles. The van der Waals surface area contributed by atoms with E-state index in [1.165, 1.54) is 0 Å². The Morgan fingerprint density at radius 1 is 1.50 bits per heavy atom. The van der Waals surface area contributed by atoms with Crippen LogP contribution >= 0.6 is 0 Å². The molecule has 0 aromatic carbocycles. The average Bonchev–Trinajstić information content (AvgIpc) is 2.51. The molecule has 0 atom stereocenters. The summed E-state index contributed by atoms with van der Waals surface area (Å²) in [7, 11) is 0. The molecule has 4 nitrogen and oxygen atoms in total. The Morgan fingerprint density at radius 3 is 3.25 bits per heavy atom. The molecule has 0 spiro atoms. The standard InChI is InChI=1S/C8H6N4/c1-2-3-6-4-7-8(9-5-6)11-12-10-7/h1,4-5H,3H2,(H,9,10,11,12). The number of rotatable bonds is 1. The number of hydrogen-bond acceptors (Lipinski definition) is 3. The molecule has 0 amide bonds. The number of aromatic nitrogens is 4. The SMILES string of the molecule is C#CCc1cnc2n[nH]nc2c1. The van der Waals surface area contributed by atoms with Crippen molar-refractivity contribution < 1.29 is 0 Å². The van der Waals surface area contributed by atoms with Gasteiger partial charge < -0.3 is 0 Å². The fourth-order valence-corrected chi connectivity index (χ4v) is 0.997. The molecule has 1 N–H and O–H groups in total. The number of aromatic amines is 1. The lowest BCUT2D eigenvalue weighted by atomic mass is 10.2. The Hall–Kier alpha value is -1.89. The molecular weight excluding hydrogens is 152 g/mol. The summed E-state index contributed by atoms with van der Waals surface area (Å²) < 4.78 is 0. The maximum Gasteiger partial charge on any atom is 0.201 e. The Bertz CT molecular complexity index is 437. The number of nitrogens with zero attached hydrogens (tertiary/aromatic N) is 3. The summed E-state index contributed by atoms with van der Waals surface area (Å²) in [5, 5.41) is 10.2. The molecule has 2 aromatic heterocycles. The maximum absolute atomic E-state index is 5.16. The van der Waals surface area contributed by atoms with E-state index in [1.54, 1.807) is 6.20 Å². The third-order valence-corrected chi connectivity index (χ3v) is 1.54. The molecule has 4 heteroatoms. The highest BCUT2D eigenvalue weighted by atomic mass is 15.3. The number of hydrogen-bond donors (Lipinski definition) is 1. The van der Waals surface area contributed by atoms with Gasteiger partial charge in [0, 0.05) is 12.6 Å². The highest BCUT2D eigenvalue weighted by Crippen LogP contribution is 2.06. The van der Waals surface area contributed by atoms with E-state index in [1.807, 2.05) is 6.07 Å². The second-order valence-electron chi connectivity index (χ2n) is 2.39. The topological polar surface area (TPSA) is 54.5 Å². The molecular formula is C8H6N4. The first kappa shape index (κ1) is 6.80. The molecule has 0 unspecified atom stereocenters. The largest absolute Gasteiger partial charge is 0.233 e. The van der Waals surface area contributed by atoms with Gasteiger partial charge >= 0.3 is 0 Å². The highest BCUT2D eigenvalue weighted by molar-refractivity contribution is 5.69. The van der Waals surface area contributed by atoms with E-state index in [2.05, 4.69) is 26.3 Å². The molecule has 0 radical (unpaired) electrons. The van der Waals surface area contributed by atoms with Crippen LogP contribution in [0.1, 0.15) is 5.56 Å². The number of fused-ring (bicyclic) bond motifs is 1. The summed E-state index contributed by atoms with van der Waals surface area (Å²) in [6.07, 6.45) is 7.45. The van der Waals surface area contributed by atoms with Gasteiger partial charge in [0.25, 0.3) is 0 Å². The fourth-order valence-electron chi connectivity index (χ4n) is 0.997. The van der Waals surface area contributed by atoms with Gasteiger partial charge in [0.15, 0.2) is 0 Å². The monoisotopic (exact) mass is 158 g/mol. The smallest absolute Gasteiger partial charge is 0.201 e. The summed E-state index contributed by atoms with van der Waals surface area (Å²) in [6, 6.07) is 1.88. The van der Waals surface area contributed by atoms with Gasteiger partial charge in [-0.15, -0.1) is 17.4 Å². The van der Waals surface area contributed by atoms with Crippen LogP contribution in [0.15, 0.2) is 12.3 Å². The zero-order chi connectivity index (χ0) is 8.39. The first-order valence-electron chi connectivity index (χ1n) is 3.49. The predicted molar refractivity (Wildman–Crippen MR) is 44.2 cm³/mol. The number of nitrogens with one attached hydrogen (secondary N) is 1. The van der Waals surface area contributed by atoms with Gasteiger partial charge in [-0.2, -0.15) is 10.3 Å². The zero-order valence-electron chi connectivity index (χ0n) is 6.28. The Labute approximate surface area is 69.0 Å². The number of H-pyrrole nitrogens is 1. The van der Waals surface area contributed by atoms with Crippen LogP contribution in [0.4, 0.5) is 0 Å². The van der Waals surface area contributed by atoms with Crippen LogP contribution < -0.4 is 0 Å². The van der Waals surface area contributed by atoms with Gasteiger partial charge in [-0.1, -0.05) is 0 Å². The quantitative estimate of drug-likeness (QED) is 0.616. The average molecular weight is 158 g/mol. The van der Waals surface area contributed by atoms with Crippen LogP contribution in [0.25, 0.3) is 11.2 Å². The van der Waals surface area contributed by atoms with Gasteiger partial charge in [0.2, 0.25) is 5.65 Å². The molecule has 0 aliphatic heterocycles. The van der Waals surface area contributed by atoms with Crippen molar-refractivity contribution in [1.82, 2.24) is 20.4 Å². The van der Waals surface area contributed by atoms with E-state index in [0.717, 1.165) is 11.1 Å². The normalized spacial score (nSPS) is 9.92. The van der Waals surface area contributed by atoms with Gasteiger partial charge in [-0.3, -0.25) is 0 Å². The minimum Gasteiger partial charge on any atom is -0.233 e. The molecule has 0 aliphatic rings. The molecule has 0 fully saturated rings. The van der Waals surface area contributed by atoms with E-state index in [4.69, 9.17) is 6.42 Å². The van der Waals surface area contributed by atoms with Crippen molar-refractivity contribution >= 4 is 11.2 Å². The van der Waals surface area contributed by atoms with E-state index >= 15 is 0 Å². The molecule has 2 aromatic rings. The van der Waals surface area contributed by atoms with Crippen molar-refractivity contribution in [1.29, 1.82) is 0 Å². The maximum atomic E-state index is 5.16. The zero-order valence-corrected chi connectivity index (χ0v) is 6.28. The Balaban J connectivity index is 2.54. The minimum atomic E-state index is 0.579. The van der Waals surface area contributed by atoms with E-state index in [9.17, 15) is 0 Å². The summed E-state index contributed by atoms with van der Waals surface area (Å²) in [5.74, 6) is 2.54. The lowest BCUT2D eigenvalue weighted by molar-refractivity contribution is 0.954. The van der Waals surface area contributed by atoms with Crippen molar-refractivity contribution in [2.45, 2.75) is 6.42 Å². The lowest BCUT2D eigenvalue weighted by Crippen LogP contribution is -1.84. The van der Waals surface area contributed by atoms with E-state index in [-0.39, 0.29) is 0 Å². The molecule has 0 saturated heterocycles.